The molecule has 0 spiro atoms. The van der Waals surface area contributed by atoms with Gasteiger partial charge in [-0.3, -0.25) is 0 Å². The monoisotopic (exact) mass is 131 g/mol. The molecule has 2 atom stereocenters. The Kier molecular flexibility index (Phi) is 2.45. The Hall–Kier alpha value is -0.120. The average molecular weight is 131 g/mol. The maximum Gasteiger partial charge on any atom is 0.0824 e. The molecule has 2 N–H and O–H groups in total. The van der Waals surface area contributed by atoms with Gasteiger partial charge in [0.05, 0.1) is 19.3 Å². The van der Waals surface area contributed by atoms with E-state index >= 15 is 0 Å². The van der Waals surface area contributed by atoms with Crippen LogP contribution in [0.4, 0.5) is 0 Å². The second-order valence-corrected chi connectivity index (χ2v) is 2.41. The van der Waals surface area contributed by atoms with Crippen LogP contribution >= 0.6 is 0 Å². The Morgan fingerprint density at radius 2 is 2.56 bits per heavy atom. The van der Waals surface area contributed by atoms with E-state index in [1.165, 1.54) is 0 Å². The Balaban J connectivity index is 2.14. The zero-order valence-electron chi connectivity index (χ0n) is 5.67. The molecule has 3 nitrogen and oxygen atoms in total. The van der Waals surface area contributed by atoms with Crippen molar-refractivity contribution in [2.45, 2.75) is 18.6 Å². The van der Waals surface area contributed by atoms with Gasteiger partial charge in [-0.05, 0) is 6.42 Å². The molecule has 0 aromatic carbocycles. The Morgan fingerprint density at radius 3 is 3.00 bits per heavy atom. The van der Waals surface area contributed by atoms with Crippen LogP contribution in [0.15, 0.2) is 0 Å². The number of rotatable bonds is 2. The minimum Gasteiger partial charge on any atom is -0.382 e. The average Bonchev–Trinajstić information content (AvgIpc) is 2.17. The first-order valence-electron chi connectivity index (χ1n) is 3.19. The Bertz CT molecular complexity index is 85.1. The molecular formula is C6H13NO2. The van der Waals surface area contributed by atoms with Gasteiger partial charge in [-0.15, -0.1) is 0 Å². The summed E-state index contributed by atoms with van der Waals surface area (Å²) >= 11 is 0. The zero-order chi connectivity index (χ0) is 6.69. The minimum absolute atomic E-state index is 0.227. The summed E-state index contributed by atoms with van der Waals surface area (Å²) in [7, 11) is 1.67. The van der Waals surface area contributed by atoms with Gasteiger partial charge in [0.1, 0.15) is 0 Å². The van der Waals surface area contributed by atoms with E-state index in [2.05, 4.69) is 0 Å². The fourth-order valence-corrected chi connectivity index (χ4v) is 1.04. The number of methoxy groups -OCH3 is 1. The summed E-state index contributed by atoms with van der Waals surface area (Å²) in [6.07, 6.45) is 1.18. The van der Waals surface area contributed by atoms with Crippen LogP contribution in [-0.2, 0) is 9.47 Å². The molecule has 1 heterocycles. The van der Waals surface area contributed by atoms with Crippen LogP contribution < -0.4 is 5.73 Å². The van der Waals surface area contributed by atoms with Crippen LogP contribution in [0.3, 0.4) is 0 Å². The smallest absolute Gasteiger partial charge is 0.0824 e. The molecule has 0 bridgehead atoms. The molecule has 1 fully saturated rings. The summed E-state index contributed by atoms with van der Waals surface area (Å²) in [5.41, 5.74) is 5.57. The van der Waals surface area contributed by atoms with Gasteiger partial charge < -0.3 is 15.2 Å². The van der Waals surface area contributed by atoms with Crippen LogP contribution in [0, 0.1) is 0 Å². The Labute approximate surface area is 55.1 Å². The SMILES string of the molecule is COC[C@@H]1C[C@H](N)CO1. The summed E-state index contributed by atoms with van der Waals surface area (Å²) in [5, 5.41) is 0. The van der Waals surface area contributed by atoms with Gasteiger partial charge in [0.25, 0.3) is 0 Å². The highest BCUT2D eigenvalue weighted by atomic mass is 16.5. The number of hydrogen-bond acceptors (Lipinski definition) is 3. The maximum atomic E-state index is 5.57. The van der Waals surface area contributed by atoms with Crippen molar-refractivity contribution >= 4 is 0 Å². The number of nitrogens with two attached hydrogens (primary N) is 1. The van der Waals surface area contributed by atoms with Crippen molar-refractivity contribution < 1.29 is 9.47 Å². The van der Waals surface area contributed by atoms with Gasteiger partial charge >= 0.3 is 0 Å². The molecule has 0 aliphatic carbocycles. The van der Waals surface area contributed by atoms with Gasteiger partial charge in [0.2, 0.25) is 0 Å². The van der Waals surface area contributed by atoms with E-state index in [4.69, 9.17) is 15.2 Å². The molecule has 54 valence electrons. The van der Waals surface area contributed by atoms with E-state index in [9.17, 15) is 0 Å². The number of ether oxygens (including phenoxy) is 2. The second-order valence-electron chi connectivity index (χ2n) is 2.41. The van der Waals surface area contributed by atoms with Crippen molar-refractivity contribution in [1.82, 2.24) is 0 Å². The third kappa shape index (κ3) is 1.93. The fourth-order valence-electron chi connectivity index (χ4n) is 1.04. The van der Waals surface area contributed by atoms with E-state index in [-0.39, 0.29) is 12.1 Å². The predicted molar refractivity (Wildman–Crippen MR) is 34.2 cm³/mol. The van der Waals surface area contributed by atoms with Crippen LogP contribution in [0.25, 0.3) is 0 Å². The lowest BCUT2D eigenvalue weighted by molar-refractivity contribution is 0.0377. The zero-order valence-corrected chi connectivity index (χ0v) is 5.67. The maximum absolute atomic E-state index is 5.57. The molecule has 0 amide bonds. The molecule has 0 saturated carbocycles. The van der Waals surface area contributed by atoms with Crippen molar-refractivity contribution in [3.05, 3.63) is 0 Å². The molecule has 0 aromatic heterocycles. The first-order valence-corrected chi connectivity index (χ1v) is 3.19. The van der Waals surface area contributed by atoms with Crippen molar-refractivity contribution in [1.29, 1.82) is 0 Å². The third-order valence-corrected chi connectivity index (χ3v) is 1.46. The molecule has 1 saturated heterocycles. The molecule has 9 heavy (non-hydrogen) atoms. The van der Waals surface area contributed by atoms with Gasteiger partial charge in [-0.25, -0.2) is 0 Å². The van der Waals surface area contributed by atoms with E-state index < -0.39 is 0 Å². The van der Waals surface area contributed by atoms with Crippen molar-refractivity contribution in [2.24, 2.45) is 5.73 Å². The summed E-state index contributed by atoms with van der Waals surface area (Å²) in [4.78, 5) is 0. The molecule has 0 aromatic rings. The molecule has 1 rings (SSSR count). The van der Waals surface area contributed by atoms with Crippen molar-refractivity contribution in [3.8, 4) is 0 Å². The Morgan fingerprint density at radius 1 is 1.78 bits per heavy atom. The summed E-state index contributed by atoms with van der Waals surface area (Å²) in [6.45, 7) is 1.36. The van der Waals surface area contributed by atoms with E-state index in [0.717, 1.165) is 6.42 Å². The van der Waals surface area contributed by atoms with E-state index in [0.29, 0.717) is 13.2 Å². The van der Waals surface area contributed by atoms with E-state index in [1.54, 1.807) is 7.11 Å². The van der Waals surface area contributed by atoms with Gasteiger partial charge in [-0.2, -0.15) is 0 Å². The third-order valence-electron chi connectivity index (χ3n) is 1.46. The van der Waals surface area contributed by atoms with Crippen molar-refractivity contribution in [2.75, 3.05) is 20.3 Å². The lowest BCUT2D eigenvalue weighted by Crippen LogP contribution is -2.20. The molecule has 0 unspecified atom stereocenters. The predicted octanol–water partition coefficient (Wildman–Crippen LogP) is -0.251. The van der Waals surface area contributed by atoms with Crippen LogP contribution in [0.1, 0.15) is 6.42 Å². The summed E-state index contributed by atoms with van der Waals surface area (Å²) in [5.74, 6) is 0. The second kappa shape index (κ2) is 3.15. The van der Waals surface area contributed by atoms with Crippen LogP contribution in [-0.4, -0.2) is 32.5 Å². The molecule has 1 aliphatic heterocycles. The topological polar surface area (TPSA) is 44.5 Å². The van der Waals surface area contributed by atoms with Crippen LogP contribution in [0.2, 0.25) is 0 Å². The summed E-state index contributed by atoms with van der Waals surface area (Å²) < 4.78 is 10.1. The highest BCUT2D eigenvalue weighted by Gasteiger charge is 2.21. The highest BCUT2D eigenvalue weighted by molar-refractivity contribution is 4.74. The standard InChI is InChI=1S/C6H13NO2/c1-8-4-6-2-5(7)3-9-6/h5-6H,2-4,7H2,1H3/t5-,6-/m0/s1. The largest absolute Gasteiger partial charge is 0.382 e. The first-order chi connectivity index (χ1) is 4.33. The highest BCUT2D eigenvalue weighted by Crippen LogP contribution is 2.10. The summed E-state index contributed by atoms with van der Waals surface area (Å²) in [6, 6.07) is 0.227. The molecule has 1 aliphatic rings. The lowest BCUT2D eigenvalue weighted by Gasteiger charge is -2.05. The van der Waals surface area contributed by atoms with Crippen molar-refractivity contribution in [3.63, 3.8) is 0 Å². The van der Waals surface area contributed by atoms with Gasteiger partial charge in [-0.1, -0.05) is 0 Å². The number of hydrogen-bond donors (Lipinski definition) is 1. The fraction of sp³-hybridized carbons (Fsp3) is 1.00. The first kappa shape index (κ1) is 6.99. The normalized spacial score (nSPS) is 35.3. The minimum atomic E-state index is 0.227. The lowest BCUT2D eigenvalue weighted by atomic mass is 10.2. The quantitative estimate of drug-likeness (QED) is 0.562. The molecular weight excluding hydrogens is 118 g/mol. The van der Waals surface area contributed by atoms with Crippen LogP contribution in [0.5, 0.6) is 0 Å². The molecule has 0 radical (unpaired) electrons. The van der Waals surface area contributed by atoms with Gasteiger partial charge in [0.15, 0.2) is 0 Å². The van der Waals surface area contributed by atoms with Gasteiger partial charge in [0, 0.05) is 13.2 Å². The molecule has 3 heteroatoms. The van der Waals surface area contributed by atoms with E-state index in [1.807, 2.05) is 0 Å².